The van der Waals surface area contributed by atoms with Crippen LogP contribution in [0.15, 0.2) is 12.5 Å². The largest absolute Gasteiger partial charge is 0.363 e. The summed E-state index contributed by atoms with van der Waals surface area (Å²) in [5.74, 6) is 1.45. The van der Waals surface area contributed by atoms with Crippen LogP contribution in [0.3, 0.4) is 0 Å². The third-order valence-corrected chi connectivity index (χ3v) is 4.24. The zero-order valence-corrected chi connectivity index (χ0v) is 11.1. The number of hydrogen-bond donors (Lipinski definition) is 1. The Labute approximate surface area is 111 Å². The van der Waals surface area contributed by atoms with Gasteiger partial charge < -0.3 is 5.32 Å². The van der Waals surface area contributed by atoms with Gasteiger partial charge in [0.1, 0.15) is 12.1 Å². The van der Waals surface area contributed by atoms with Crippen molar-refractivity contribution in [2.75, 3.05) is 11.2 Å². The van der Waals surface area contributed by atoms with E-state index in [0.29, 0.717) is 5.88 Å². The van der Waals surface area contributed by atoms with Gasteiger partial charge in [-0.3, -0.25) is 4.68 Å². The van der Waals surface area contributed by atoms with E-state index in [2.05, 4.69) is 20.4 Å². The lowest BCUT2D eigenvalue weighted by Gasteiger charge is -2.28. The minimum absolute atomic E-state index is 0.0152. The van der Waals surface area contributed by atoms with Crippen molar-refractivity contribution < 1.29 is 0 Å². The molecule has 2 heterocycles. The van der Waals surface area contributed by atoms with Gasteiger partial charge in [0.05, 0.1) is 17.1 Å². The molecule has 1 fully saturated rings. The summed E-state index contributed by atoms with van der Waals surface area (Å²) < 4.78 is 1.75. The lowest BCUT2D eigenvalue weighted by atomic mass is 10.0. The first-order valence-corrected chi connectivity index (χ1v) is 6.74. The summed E-state index contributed by atoms with van der Waals surface area (Å²) in [5.41, 5.74) is 0.828. The second-order valence-corrected chi connectivity index (χ2v) is 5.24. The van der Waals surface area contributed by atoms with Crippen molar-refractivity contribution in [3.8, 4) is 0 Å². The van der Waals surface area contributed by atoms with Crippen LogP contribution in [-0.4, -0.2) is 31.2 Å². The maximum absolute atomic E-state index is 6.14. The van der Waals surface area contributed by atoms with Crippen LogP contribution < -0.4 is 5.32 Å². The van der Waals surface area contributed by atoms with Gasteiger partial charge in [-0.25, -0.2) is 9.97 Å². The number of aromatic nitrogens is 4. The molecule has 96 valence electrons. The van der Waals surface area contributed by atoms with Gasteiger partial charge in [-0.05, 0) is 12.8 Å². The Balaban J connectivity index is 1.99. The zero-order chi connectivity index (χ0) is 12.6. The molecule has 3 rings (SSSR count). The van der Waals surface area contributed by atoms with E-state index < -0.39 is 0 Å². The minimum atomic E-state index is -0.0152. The third kappa shape index (κ3) is 1.82. The summed E-state index contributed by atoms with van der Waals surface area (Å²) in [5, 5.41) is 8.70. The Morgan fingerprint density at radius 1 is 1.39 bits per heavy atom. The second-order valence-electron chi connectivity index (χ2n) is 4.97. The van der Waals surface area contributed by atoms with Crippen LogP contribution in [0.2, 0.25) is 0 Å². The monoisotopic (exact) mass is 265 g/mol. The number of anilines is 1. The van der Waals surface area contributed by atoms with Crippen molar-refractivity contribution in [1.29, 1.82) is 0 Å². The molecule has 1 saturated carbocycles. The van der Waals surface area contributed by atoms with Gasteiger partial charge in [0.2, 0.25) is 0 Å². The molecule has 0 radical (unpaired) electrons. The number of aryl methyl sites for hydroxylation is 1. The Bertz CT molecular complexity index is 559. The smallest absolute Gasteiger partial charge is 0.163 e. The average molecular weight is 266 g/mol. The van der Waals surface area contributed by atoms with E-state index in [1.807, 2.05) is 7.05 Å². The van der Waals surface area contributed by atoms with E-state index in [-0.39, 0.29) is 5.54 Å². The van der Waals surface area contributed by atoms with Gasteiger partial charge in [0.25, 0.3) is 0 Å². The van der Waals surface area contributed by atoms with Gasteiger partial charge in [0.15, 0.2) is 5.65 Å². The molecule has 0 amide bonds. The van der Waals surface area contributed by atoms with Crippen molar-refractivity contribution in [3.63, 3.8) is 0 Å². The summed E-state index contributed by atoms with van der Waals surface area (Å²) in [4.78, 5) is 8.58. The fourth-order valence-corrected chi connectivity index (χ4v) is 2.99. The number of nitrogens with one attached hydrogen (secondary N) is 1. The molecule has 5 nitrogen and oxygen atoms in total. The third-order valence-electron chi connectivity index (χ3n) is 3.73. The molecule has 1 aliphatic rings. The molecule has 0 aromatic carbocycles. The minimum Gasteiger partial charge on any atom is -0.363 e. The molecule has 0 bridgehead atoms. The number of alkyl halides is 1. The number of hydrogen-bond acceptors (Lipinski definition) is 4. The molecule has 6 heteroatoms. The molecule has 0 saturated heterocycles. The molecule has 0 unspecified atom stereocenters. The summed E-state index contributed by atoms with van der Waals surface area (Å²) in [6.45, 7) is 0. The van der Waals surface area contributed by atoms with Gasteiger partial charge in [0, 0.05) is 12.9 Å². The number of halogens is 1. The van der Waals surface area contributed by atoms with Crippen LogP contribution in [-0.2, 0) is 7.05 Å². The lowest BCUT2D eigenvalue weighted by Crippen LogP contribution is -2.37. The molecule has 18 heavy (non-hydrogen) atoms. The first-order valence-electron chi connectivity index (χ1n) is 6.21. The quantitative estimate of drug-likeness (QED) is 0.866. The van der Waals surface area contributed by atoms with Gasteiger partial charge in [-0.1, -0.05) is 12.8 Å². The van der Waals surface area contributed by atoms with Crippen molar-refractivity contribution in [2.24, 2.45) is 7.05 Å². The molecular formula is C12H16ClN5. The fourth-order valence-electron chi connectivity index (χ4n) is 2.66. The summed E-state index contributed by atoms with van der Waals surface area (Å²) in [6, 6.07) is 0. The van der Waals surface area contributed by atoms with E-state index >= 15 is 0 Å². The van der Waals surface area contributed by atoms with E-state index in [1.54, 1.807) is 17.2 Å². The highest BCUT2D eigenvalue weighted by Crippen LogP contribution is 2.35. The van der Waals surface area contributed by atoms with E-state index in [0.717, 1.165) is 29.7 Å². The highest BCUT2D eigenvalue weighted by molar-refractivity contribution is 6.19. The van der Waals surface area contributed by atoms with Crippen LogP contribution in [0.5, 0.6) is 0 Å². The van der Waals surface area contributed by atoms with Crippen LogP contribution in [0.25, 0.3) is 11.0 Å². The van der Waals surface area contributed by atoms with Crippen LogP contribution in [0, 0.1) is 0 Å². The molecule has 2 aromatic rings. The summed E-state index contributed by atoms with van der Waals surface area (Å²) in [6.07, 6.45) is 8.02. The first-order chi connectivity index (χ1) is 8.74. The van der Waals surface area contributed by atoms with Crippen molar-refractivity contribution in [2.45, 2.75) is 31.2 Å². The number of fused-ring (bicyclic) bond motifs is 1. The normalized spacial score (nSPS) is 18.3. The predicted molar refractivity (Wildman–Crippen MR) is 71.8 cm³/mol. The standard InChI is InChI=1S/C12H16ClN5/c1-18-11-9(6-16-18)10(14-8-15-11)17-12(7-13)4-2-3-5-12/h6,8H,2-5,7H2,1H3,(H,14,15,17). The molecule has 0 spiro atoms. The highest BCUT2D eigenvalue weighted by Gasteiger charge is 2.33. The van der Waals surface area contributed by atoms with E-state index in [9.17, 15) is 0 Å². The van der Waals surface area contributed by atoms with E-state index in [4.69, 9.17) is 11.6 Å². The number of nitrogens with zero attached hydrogens (tertiary/aromatic N) is 4. The van der Waals surface area contributed by atoms with Gasteiger partial charge >= 0.3 is 0 Å². The van der Waals surface area contributed by atoms with E-state index in [1.165, 1.54) is 12.8 Å². The van der Waals surface area contributed by atoms with Gasteiger partial charge in [-0.2, -0.15) is 5.10 Å². The van der Waals surface area contributed by atoms with Crippen LogP contribution in [0.1, 0.15) is 25.7 Å². The predicted octanol–water partition coefficient (Wildman–Crippen LogP) is 2.33. The zero-order valence-electron chi connectivity index (χ0n) is 10.4. The van der Waals surface area contributed by atoms with Crippen molar-refractivity contribution >= 4 is 28.5 Å². The van der Waals surface area contributed by atoms with Gasteiger partial charge in [-0.15, -0.1) is 11.6 Å². The summed E-state index contributed by atoms with van der Waals surface area (Å²) >= 11 is 6.14. The summed E-state index contributed by atoms with van der Waals surface area (Å²) in [7, 11) is 1.88. The SMILES string of the molecule is Cn1ncc2c(NC3(CCl)CCCC3)ncnc21. The van der Waals surface area contributed by atoms with Crippen LogP contribution >= 0.6 is 11.6 Å². The molecule has 1 N–H and O–H groups in total. The average Bonchev–Trinajstić information content (AvgIpc) is 2.99. The molecular weight excluding hydrogens is 250 g/mol. The van der Waals surface area contributed by atoms with Crippen LogP contribution in [0.4, 0.5) is 5.82 Å². The Morgan fingerprint density at radius 2 is 2.17 bits per heavy atom. The van der Waals surface area contributed by atoms with Crippen molar-refractivity contribution in [1.82, 2.24) is 19.7 Å². The second kappa shape index (κ2) is 4.39. The maximum Gasteiger partial charge on any atom is 0.163 e. The Morgan fingerprint density at radius 3 is 2.89 bits per heavy atom. The lowest BCUT2D eigenvalue weighted by molar-refractivity contribution is 0.538. The molecule has 0 aliphatic heterocycles. The Hall–Kier alpha value is -1.36. The first kappa shape index (κ1) is 11.7. The molecule has 0 atom stereocenters. The van der Waals surface area contributed by atoms with Crippen molar-refractivity contribution in [3.05, 3.63) is 12.5 Å². The number of rotatable bonds is 3. The molecule has 2 aromatic heterocycles. The highest BCUT2D eigenvalue weighted by atomic mass is 35.5. The molecule has 1 aliphatic carbocycles. The maximum atomic E-state index is 6.14. The fraction of sp³-hybridized carbons (Fsp3) is 0.583. The topological polar surface area (TPSA) is 55.6 Å². The Kier molecular flexibility index (Phi) is 2.86.